The molecule has 3 rings (SSSR count). The third kappa shape index (κ3) is 2.23. The van der Waals surface area contributed by atoms with Gasteiger partial charge in [-0.05, 0) is 31.2 Å². The van der Waals surface area contributed by atoms with Crippen molar-refractivity contribution < 1.29 is 13.2 Å². The molecule has 2 aromatic carbocycles. The molecule has 1 aromatic heterocycles. The number of aromatic nitrogens is 1. The number of hydrogen-bond acceptors (Lipinski definition) is 3. The van der Waals surface area contributed by atoms with Gasteiger partial charge in [0.05, 0.1) is 10.4 Å². The van der Waals surface area contributed by atoms with Gasteiger partial charge in [-0.1, -0.05) is 35.9 Å². The summed E-state index contributed by atoms with van der Waals surface area (Å²) in [5.41, 5.74) is 1.65. The van der Waals surface area contributed by atoms with Crippen molar-refractivity contribution in [2.24, 2.45) is 0 Å². The van der Waals surface area contributed by atoms with Crippen molar-refractivity contribution in [3.63, 3.8) is 0 Å². The second kappa shape index (κ2) is 5.10. The molecule has 0 saturated heterocycles. The number of carbonyl (C=O) groups is 1. The molecule has 5 heteroatoms. The highest BCUT2D eigenvalue weighted by atomic mass is 32.2. The molecule has 22 heavy (non-hydrogen) atoms. The molecule has 0 N–H and O–H groups in total. The summed E-state index contributed by atoms with van der Waals surface area (Å²) in [7, 11) is -3.82. The molecule has 0 aliphatic heterocycles. The number of hydrogen-bond donors (Lipinski definition) is 0. The number of Topliss-reactive ketones (excluding diaryl/α,β-unsaturated/α-hetero) is 1. The van der Waals surface area contributed by atoms with Crippen LogP contribution in [0.5, 0.6) is 0 Å². The van der Waals surface area contributed by atoms with Crippen molar-refractivity contribution >= 4 is 26.7 Å². The Labute approximate surface area is 129 Å². The fourth-order valence-corrected chi connectivity index (χ4v) is 4.01. The number of aryl methyl sites for hydroxylation is 1. The summed E-state index contributed by atoms with van der Waals surface area (Å²) in [5, 5.41) is 0.725. The highest BCUT2D eigenvalue weighted by Crippen LogP contribution is 2.26. The largest absolute Gasteiger partial charge is 0.293 e. The van der Waals surface area contributed by atoms with Crippen LogP contribution in [0.1, 0.15) is 23.0 Å². The number of benzene rings is 2. The number of nitrogens with zero attached hydrogens (tertiary/aromatic N) is 1. The Hall–Kier alpha value is -2.40. The van der Waals surface area contributed by atoms with E-state index in [2.05, 4.69) is 0 Å². The molecule has 1 heterocycles. The first-order chi connectivity index (χ1) is 10.4. The zero-order chi connectivity index (χ0) is 15.9. The predicted molar refractivity (Wildman–Crippen MR) is 85.7 cm³/mol. The third-order valence-electron chi connectivity index (χ3n) is 3.59. The van der Waals surface area contributed by atoms with E-state index in [0.29, 0.717) is 5.52 Å². The van der Waals surface area contributed by atoms with E-state index in [-0.39, 0.29) is 16.4 Å². The Bertz CT molecular complexity index is 967. The van der Waals surface area contributed by atoms with Crippen molar-refractivity contribution in [2.75, 3.05) is 0 Å². The molecule has 0 unspecified atom stereocenters. The van der Waals surface area contributed by atoms with Gasteiger partial charge in [0.1, 0.15) is 5.69 Å². The molecule has 0 atom stereocenters. The molecule has 0 spiro atoms. The molecule has 3 aromatic rings. The second-order valence-electron chi connectivity index (χ2n) is 5.23. The molecular formula is C17H15NO3S. The molecule has 0 amide bonds. The first-order valence-electron chi connectivity index (χ1n) is 6.85. The number of para-hydroxylation sites is 1. The van der Waals surface area contributed by atoms with Crippen molar-refractivity contribution in [1.29, 1.82) is 0 Å². The lowest BCUT2D eigenvalue weighted by molar-refractivity contribution is 0.101. The molecular weight excluding hydrogens is 298 g/mol. The van der Waals surface area contributed by atoms with Crippen LogP contribution >= 0.6 is 0 Å². The monoisotopic (exact) mass is 313 g/mol. The average molecular weight is 313 g/mol. The summed E-state index contributed by atoms with van der Waals surface area (Å²) < 4.78 is 27.0. The van der Waals surface area contributed by atoms with E-state index >= 15 is 0 Å². The van der Waals surface area contributed by atoms with Crippen molar-refractivity contribution in [2.45, 2.75) is 18.7 Å². The highest BCUT2D eigenvalue weighted by Gasteiger charge is 2.24. The van der Waals surface area contributed by atoms with Gasteiger partial charge in [0.15, 0.2) is 5.78 Å². The van der Waals surface area contributed by atoms with Gasteiger partial charge in [-0.3, -0.25) is 4.79 Å². The Morgan fingerprint density at radius 3 is 2.27 bits per heavy atom. The maximum absolute atomic E-state index is 13.0. The SMILES string of the molecule is CC(=O)c1cc2ccccc2n1S(=O)(=O)c1ccc(C)cc1. The lowest BCUT2D eigenvalue weighted by atomic mass is 10.2. The first-order valence-corrected chi connectivity index (χ1v) is 8.29. The van der Waals surface area contributed by atoms with Crippen LogP contribution in [0.2, 0.25) is 0 Å². The van der Waals surface area contributed by atoms with E-state index in [1.807, 2.05) is 13.0 Å². The van der Waals surface area contributed by atoms with Gasteiger partial charge >= 0.3 is 0 Å². The van der Waals surface area contributed by atoms with Gasteiger partial charge in [0.2, 0.25) is 0 Å². The molecule has 112 valence electrons. The van der Waals surface area contributed by atoms with Gasteiger partial charge in [-0.15, -0.1) is 0 Å². The summed E-state index contributed by atoms with van der Waals surface area (Å²) in [5.74, 6) is -0.285. The van der Waals surface area contributed by atoms with Crippen LogP contribution < -0.4 is 0 Å². The minimum Gasteiger partial charge on any atom is -0.293 e. The minimum absolute atomic E-state index is 0.168. The summed E-state index contributed by atoms with van der Waals surface area (Å²) >= 11 is 0. The van der Waals surface area contributed by atoms with Crippen LogP contribution in [0.4, 0.5) is 0 Å². The average Bonchev–Trinajstić information content (AvgIpc) is 2.88. The maximum atomic E-state index is 13.0. The Morgan fingerprint density at radius 1 is 1.00 bits per heavy atom. The summed E-state index contributed by atoms with van der Waals surface area (Å²) in [6.07, 6.45) is 0. The summed E-state index contributed by atoms with van der Waals surface area (Å²) in [6, 6.07) is 15.3. The molecule has 0 saturated carbocycles. The number of ketones is 1. The van der Waals surface area contributed by atoms with E-state index in [9.17, 15) is 13.2 Å². The predicted octanol–water partition coefficient (Wildman–Crippen LogP) is 3.39. The van der Waals surface area contributed by atoms with Gasteiger partial charge in [-0.2, -0.15) is 0 Å². The normalized spacial score (nSPS) is 11.7. The van der Waals surface area contributed by atoms with Crippen LogP contribution in [0.3, 0.4) is 0 Å². The standard InChI is InChI=1S/C17H15NO3S/c1-12-7-9-15(10-8-12)22(20,21)18-16-6-4-3-5-14(16)11-17(18)13(2)19/h3-11H,1-2H3. The Morgan fingerprint density at radius 2 is 1.64 bits per heavy atom. The highest BCUT2D eigenvalue weighted by molar-refractivity contribution is 7.90. The quantitative estimate of drug-likeness (QED) is 0.696. The van der Waals surface area contributed by atoms with Crippen LogP contribution in [0.25, 0.3) is 10.9 Å². The Balaban J connectivity index is 2.35. The Kier molecular flexibility index (Phi) is 3.37. The zero-order valence-electron chi connectivity index (χ0n) is 12.3. The van der Waals surface area contributed by atoms with E-state index in [4.69, 9.17) is 0 Å². The lowest BCUT2D eigenvalue weighted by Crippen LogP contribution is -2.17. The number of fused-ring (bicyclic) bond motifs is 1. The third-order valence-corrected chi connectivity index (χ3v) is 5.33. The lowest BCUT2D eigenvalue weighted by Gasteiger charge is -2.10. The fraction of sp³-hybridized carbons (Fsp3) is 0.118. The molecule has 0 fully saturated rings. The van der Waals surface area contributed by atoms with Crippen LogP contribution in [0.15, 0.2) is 59.5 Å². The van der Waals surface area contributed by atoms with Crippen molar-refractivity contribution in [1.82, 2.24) is 3.97 Å². The fourth-order valence-electron chi connectivity index (χ4n) is 2.45. The van der Waals surface area contributed by atoms with Gasteiger partial charge in [0.25, 0.3) is 10.0 Å². The summed E-state index contributed by atoms with van der Waals surface area (Å²) in [4.78, 5) is 12.1. The van der Waals surface area contributed by atoms with Crippen molar-refractivity contribution in [3.8, 4) is 0 Å². The number of carbonyl (C=O) groups excluding carboxylic acids is 1. The number of rotatable bonds is 3. The van der Waals surface area contributed by atoms with E-state index in [1.54, 1.807) is 48.5 Å². The molecule has 0 radical (unpaired) electrons. The van der Waals surface area contributed by atoms with Crippen LogP contribution in [0, 0.1) is 6.92 Å². The van der Waals surface area contributed by atoms with E-state index in [0.717, 1.165) is 14.9 Å². The maximum Gasteiger partial charge on any atom is 0.268 e. The minimum atomic E-state index is -3.82. The molecule has 0 aliphatic carbocycles. The second-order valence-corrected chi connectivity index (χ2v) is 7.01. The van der Waals surface area contributed by atoms with Crippen LogP contribution in [-0.4, -0.2) is 18.2 Å². The van der Waals surface area contributed by atoms with Crippen LogP contribution in [-0.2, 0) is 10.0 Å². The molecule has 4 nitrogen and oxygen atoms in total. The topological polar surface area (TPSA) is 56.1 Å². The van der Waals surface area contributed by atoms with Gasteiger partial charge in [0, 0.05) is 12.3 Å². The van der Waals surface area contributed by atoms with Gasteiger partial charge in [-0.25, -0.2) is 12.4 Å². The molecule has 0 aliphatic rings. The van der Waals surface area contributed by atoms with Gasteiger partial charge < -0.3 is 0 Å². The van der Waals surface area contributed by atoms with Crippen molar-refractivity contribution in [3.05, 3.63) is 65.9 Å². The van der Waals surface area contributed by atoms with E-state index < -0.39 is 10.0 Å². The summed E-state index contributed by atoms with van der Waals surface area (Å²) in [6.45, 7) is 3.26. The van der Waals surface area contributed by atoms with E-state index in [1.165, 1.54) is 6.92 Å². The molecule has 0 bridgehead atoms. The smallest absolute Gasteiger partial charge is 0.268 e. The zero-order valence-corrected chi connectivity index (χ0v) is 13.1. The first kappa shape index (κ1) is 14.5.